The molecule has 0 radical (unpaired) electrons. The second-order valence-electron chi connectivity index (χ2n) is 6.99. The van der Waals surface area contributed by atoms with E-state index in [0.717, 1.165) is 30.1 Å². The first-order valence-corrected chi connectivity index (χ1v) is 7.84. The highest BCUT2D eigenvalue weighted by atomic mass is 15.2. The van der Waals surface area contributed by atoms with Crippen LogP contribution in [0.4, 0.5) is 0 Å². The van der Waals surface area contributed by atoms with Crippen LogP contribution in [0.25, 0.3) is 0 Å². The molecular weight excluding hydrogens is 222 g/mol. The van der Waals surface area contributed by atoms with Gasteiger partial charge in [-0.1, -0.05) is 6.92 Å². The zero-order chi connectivity index (χ0) is 12.7. The monoisotopic (exact) mass is 251 g/mol. The van der Waals surface area contributed by atoms with Crippen LogP contribution in [0.5, 0.6) is 0 Å². The van der Waals surface area contributed by atoms with Crippen molar-refractivity contribution in [1.29, 1.82) is 0 Å². The molecule has 0 aromatic rings. The molecule has 1 N–H and O–H groups in total. The molecule has 1 saturated carbocycles. The molecule has 3 fully saturated rings. The van der Waals surface area contributed by atoms with Crippen LogP contribution < -0.4 is 5.32 Å². The molecule has 0 aromatic heterocycles. The lowest BCUT2D eigenvalue weighted by molar-refractivity contribution is 0.115. The lowest BCUT2D eigenvalue weighted by Crippen LogP contribution is -2.53. The van der Waals surface area contributed by atoms with Crippen molar-refractivity contribution in [3.8, 4) is 0 Å². The quantitative estimate of drug-likeness (QED) is 0.821. The average Bonchev–Trinajstić information content (AvgIpc) is 3.07. The maximum atomic E-state index is 3.96. The highest BCUT2D eigenvalue weighted by Gasteiger charge is 2.36. The molecule has 2 aliphatic heterocycles. The summed E-state index contributed by atoms with van der Waals surface area (Å²) in [7, 11) is 2.27. The smallest absolute Gasteiger partial charge is 0.0210 e. The van der Waals surface area contributed by atoms with Gasteiger partial charge in [-0.2, -0.15) is 0 Å². The van der Waals surface area contributed by atoms with Crippen molar-refractivity contribution in [1.82, 2.24) is 15.1 Å². The highest BCUT2D eigenvalue weighted by molar-refractivity contribution is 4.95. The molecule has 0 aromatic carbocycles. The third-order valence-electron chi connectivity index (χ3n) is 5.34. The van der Waals surface area contributed by atoms with E-state index in [-0.39, 0.29) is 0 Å². The summed E-state index contributed by atoms with van der Waals surface area (Å²) in [4.78, 5) is 5.22. The van der Waals surface area contributed by atoms with Crippen molar-refractivity contribution in [3.63, 3.8) is 0 Å². The summed E-state index contributed by atoms with van der Waals surface area (Å²) < 4.78 is 0. The molecule has 3 aliphatic rings. The molecular formula is C15H29N3. The number of nitrogens with one attached hydrogen (secondary N) is 1. The third kappa shape index (κ3) is 2.73. The van der Waals surface area contributed by atoms with Crippen LogP contribution in [0.15, 0.2) is 0 Å². The van der Waals surface area contributed by atoms with Crippen LogP contribution in [0, 0.1) is 5.92 Å². The van der Waals surface area contributed by atoms with Crippen molar-refractivity contribution in [2.24, 2.45) is 5.92 Å². The second-order valence-corrected chi connectivity index (χ2v) is 6.99. The maximum absolute atomic E-state index is 3.96. The minimum atomic E-state index is 0.736. The van der Waals surface area contributed by atoms with Gasteiger partial charge in [-0.05, 0) is 45.6 Å². The number of hydrogen-bond donors (Lipinski definition) is 1. The summed E-state index contributed by atoms with van der Waals surface area (Å²) in [6, 6.07) is 3.18. The zero-order valence-corrected chi connectivity index (χ0v) is 12.2. The first kappa shape index (κ1) is 12.9. The number of rotatable bonds is 3. The number of piperidine rings is 1. The fourth-order valence-corrected chi connectivity index (χ4v) is 3.77. The van der Waals surface area contributed by atoms with Crippen molar-refractivity contribution in [3.05, 3.63) is 0 Å². The minimum absolute atomic E-state index is 0.736. The van der Waals surface area contributed by atoms with Crippen molar-refractivity contribution < 1.29 is 0 Å². The van der Waals surface area contributed by atoms with Crippen LogP contribution in [0.1, 0.15) is 39.5 Å². The molecule has 2 heterocycles. The van der Waals surface area contributed by atoms with E-state index < -0.39 is 0 Å². The summed E-state index contributed by atoms with van der Waals surface area (Å²) in [6.45, 7) is 8.66. The number of likely N-dealkylation sites (tertiary alicyclic amines) is 2. The molecule has 18 heavy (non-hydrogen) atoms. The molecule has 104 valence electrons. The Bertz CT molecular complexity index is 289. The van der Waals surface area contributed by atoms with Crippen LogP contribution in [0.3, 0.4) is 0 Å². The Morgan fingerprint density at radius 2 is 1.83 bits per heavy atom. The van der Waals surface area contributed by atoms with Gasteiger partial charge in [0.1, 0.15) is 0 Å². The van der Waals surface area contributed by atoms with Gasteiger partial charge < -0.3 is 10.2 Å². The van der Waals surface area contributed by atoms with Crippen LogP contribution >= 0.6 is 0 Å². The Hall–Kier alpha value is -0.120. The predicted molar refractivity (Wildman–Crippen MR) is 75.8 cm³/mol. The normalized spacial score (nSPS) is 43.5. The average molecular weight is 251 g/mol. The van der Waals surface area contributed by atoms with Gasteiger partial charge in [-0.15, -0.1) is 0 Å². The minimum Gasteiger partial charge on any atom is -0.310 e. The lowest BCUT2D eigenvalue weighted by atomic mass is 9.89. The second kappa shape index (κ2) is 5.10. The van der Waals surface area contributed by atoms with E-state index in [4.69, 9.17) is 0 Å². The van der Waals surface area contributed by atoms with Gasteiger partial charge in [0.2, 0.25) is 0 Å². The topological polar surface area (TPSA) is 18.5 Å². The van der Waals surface area contributed by atoms with Gasteiger partial charge in [-0.3, -0.25) is 4.90 Å². The maximum Gasteiger partial charge on any atom is 0.0210 e. The summed E-state index contributed by atoms with van der Waals surface area (Å²) in [5.74, 6) is 0.793. The van der Waals surface area contributed by atoms with Crippen molar-refractivity contribution >= 4 is 0 Å². The number of hydrogen-bond acceptors (Lipinski definition) is 3. The predicted octanol–water partition coefficient (Wildman–Crippen LogP) is 1.54. The highest BCUT2D eigenvalue weighted by Crippen LogP contribution is 2.30. The standard InChI is InChI=1S/C15H29N3/c1-11-9-17(3)12(2)8-15(11)16-13-6-7-18(10-13)14-4-5-14/h11-16H,4-10H2,1-3H3. The lowest BCUT2D eigenvalue weighted by Gasteiger charge is -2.41. The van der Waals surface area contributed by atoms with Gasteiger partial charge in [-0.25, -0.2) is 0 Å². The van der Waals surface area contributed by atoms with E-state index in [1.165, 1.54) is 45.3 Å². The van der Waals surface area contributed by atoms with E-state index in [1.807, 2.05) is 0 Å². The van der Waals surface area contributed by atoms with Gasteiger partial charge in [0.15, 0.2) is 0 Å². The van der Waals surface area contributed by atoms with E-state index in [0.29, 0.717) is 0 Å². The Labute approximate surface area is 112 Å². The third-order valence-corrected chi connectivity index (χ3v) is 5.34. The van der Waals surface area contributed by atoms with Gasteiger partial charge >= 0.3 is 0 Å². The zero-order valence-electron chi connectivity index (χ0n) is 12.2. The fraction of sp³-hybridized carbons (Fsp3) is 1.00. The molecule has 3 heteroatoms. The van der Waals surface area contributed by atoms with E-state index in [1.54, 1.807) is 0 Å². The SMILES string of the molecule is CC1CN(C)C(C)CC1NC1CCN(C2CC2)C1. The molecule has 4 unspecified atom stereocenters. The van der Waals surface area contributed by atoms with E-state index >= 15 is 0 Å². The molecule has 0 bridgehead atoms. The fourth-order valence-electron chi connectivity index (χ4n) is 3.77. The molecule has 3 nitrogen and oxygen atoms in total. The molecule has 4 atom stereocenters. The van der Waals surface area contributed by atoms with Gasteiger partial charge in [0.25, 0.3) is 0 Å². The Balaban J connectivity index is 1.50. The van der Waals surface area contributed by atoms with Gasteiger partial charge in [0, 0.05) is 43.8 Å². The molecule has 3 rings (SSSR count). The summed E-state index contributed by atoms with van der Waals surface area (Å²) in [5, 5.41) is 3.96. The van der Waals surface area contributed by atoms with Gasteiger partial charge in [0.05, 0.1) is 0 Å². The van der Waals surface area contributed by atoms with Crippen LogP contribution in [-0.4, -0.2) is 60.6 Å². The van der Waals surface area contributed by atoms with Crippen LogP contribution in [-0.2, 0) is 0 Å². The van der Waals surface area contributed by atoms with Crippen molar-refractivity contribution in [2.75, 3.05) is 26.7 Å². The number of nitrogens with zero attached hydrogens (tertiary/aromatic N) is 2. The molecule has 0 amide bonds. The van der Waals surface area contributed by atoms with E-state index in [9.17, 15) is 0 Å². The summed E-state index contributed by atoms with van der Waals surface area (Å²) >= 11 is 0. The first-order chi connectivity index (χ1) is 8.63. The first-order valence-electron chi connectivity index (χ1n) is 7.84. The Morgan fingerprint density at radius 1 is 1.06 bits per heavy atom. The largest absolute Gasteiger partial charge is 0.310 e. The summed E-state index contributed by atoms with van der Waals surface area (Å²) in [5.41, 5.74) is 0. The Kier molecular flexibility index (Phi) is 3.65. The van der Waals surface area contributed by atoms with Crippen molar-refractivity contribution in [2.45, 2.75) is 63.7 Å². The van der Waals surface area contributed by atoms with E-state index in [2.05, 4.69) is 36.0 Å². The Morgan fingerprint density at radius 3 is 2.56 bits per heavy atom. The van der Waals surface area contributed by atoms with Crippen LogP contribution in [0.2, 0.25) is 0 Å². The molecule has 2 saturated heterocycles. The molecule has 1 aliphatic carbocycles. The molecule has 0 spiro atoms. The summed E-state index contributed by atoms with van der Waals surface area (Å²) in [6.07, 6.45) is 5.59.